The molecule has 2 aliphatic rings. The molecule has 31 heavy (non-hydrogen) atoms. The molecule has 166 valence electrons. The third-order valence-electron chi connectivity index (χ3n) is 5.74. The fourth-order valence-electron chi connectivity index (χ4n) is 3.88. The first-order valence-electron chi connectivity index (χ1n) is 10.6. The van der Waals surface area contributed by atoms with Crippen LogP contribution in [0.25, 0.3) is 5.69 Å². The van der Waals surface area contributed by atoms with Crippen LogP contribution in [0, 0.1) is 0 Å². The molecule has 2 fully saturated rings. The van der Waals surface area contributed by atoms with Gasteiger partial charge in [-0.2, -0.15) is 4.98 Å². The molecule has 2 aliphatic heterocycles. The van der Waals surface area contributed by atoms with Gasteiger partial charge in [0.2, 0.25) is 0 Å². The number of nitrogens with two attached hydrogens (primary N) is 1. The Morgan fingerprint density at radius 2 is 1.94 bits per heavy atom. The van der Waals surface area contributed by atoms with Crippen LogP contribution in [-0.4, -0.2) is 76.9 Å². The van der Waals surface area contributed by atoms with Crippen molar-refractivity contribution in [1.29, 1.82) is 0 Å². The lowest BCUT2D eigenvalue weighted by molar-refractivity contribution is 0.114. The van der Waals surface area contributed by atoms with Gasteiger partial charge >= 0.3 is 11.7 Å². The number of anilines is 1. The molecule has 0 saturated carbocycles. The Balaban J connectivity index is 1.39. The van der Waals surface area contributed by atoms with E-state index in [1.807, 2.05) is 29.2 Å². The smallest absolute Gasteiger partial charge is 0.325 e. The number of piperazine rings is 1. The molecule has 1 aromatic carbocycles. The first kappa shape index (κ1) is 21.4. The van der Waals surface area contributed by atoms with Crippen molar-refractivity contribution in [2.24, 2.45) is 5.73 Å². The Labute approximate surface area is 180 Å². The number of nitrogens with one attached hydrogen (secondary N) is 2. The molecular weight excluding hydrogens is 401 g/mol. The number of alkyl halides is 1. The minimum atomic E-state index is -0.997. The maximum atomic E-state index is 13.8. The quantitative estimate of drug-likeness (QED) is 0.655. The Kier molecular flexibility index (Phi) is 6.59. The van der Waals surface area contributed by atoms with Crippen LogP contribution in [0.4, 0.5) is 15.0 Å². The fraction of sp³-hybridized carbons (Fsp3) is 0.476. The van der Waals surface area contributed by atoms with Crippen molar-refractivity contribution in [3.05, 3.63) is 52.6 Å². The molecule has 0 bridgehead atoms. The summed E-state index contributed by atoms with van der Waals surface area (Å²) in [7, 11) is 0. The van der Waals surface area contributed by atoms with Crippen molar-refractivity contribution < 1.29 is 9.18 Å². The maximum Gasteiger partial charge on any atom is 0.354 e. The highest BCUT2D eigenvalue weighted by Crippen LogP contribution is 2.16. The predicted octanol–water partition coefficient (Wildman–Crippen LogP) is 0.541. The highest BCUT2D eigenvalue weighted by molar-refractivity contribution is 5.88. The number of carbonyl (C=O) groups excluding carboxylic acids is 1. The van der Waals surface area contributed by atoms with Crippen LogP contribution >= 0.6 is 0 Å². The van der Waals surface area contributed by atoms with E-state index < -0.39 is 11.9 Å². The predicted molar refractivity (Wildman–Crippen MR) is 116 cm³/mol. The van der Waals surface area contributed by atoms with Crippen molar-refractivity contribution >= 4 is 11.8 Å². The van der Waals surface area contributed by atoms with Gasteiger partial charge in [0.15, 0.2) is 0 Å². The molecule has 2 aromatic rings. The van der Waals surface area contributed by atoms with Crippen molar-refractivity contribution in [1.82, 2.24) is 24.7 Å². The van der Waals surface area contributed by atoms with E-state index in [0.29, 0.717) is 38.3 Å². The minimum absolute atomic E-state index is 0.227. The van der Waals surface area contributed by atoms with Crippen LogP contribution < -0.4 is 22.1 Å². The van der Waals surface area contributed by atoms with Crippen molar-refractivity contribution in [2.75, 3.05) is 44.6 Å². The number of nitrogens with zero attached hydrogens (tertiary/aromatic N) is 4. The van der Waals surface area contributed by atoms with E-state index in [1.165, 1.54) is 4.57 Å². The van der Waals surface area contributed by atoms with Crippen molar-refractivity contribution in [2.45, 2.75) is 25.2 Å². The first-order valence-corrected chi connectivity index (χ1v) is 10.6. The zero-order chi connectivity index (χ0) is 21.8. The molecule has 0 aliphatic carbocycles. The Morgan fingerprint density at radius 3 is 2.61 bits per heavy atom. The summed E-state index contributed by atoms with van der Waals surface area (Å²) >= 11 is 0. The molecule has 1 unspecified atom stereocenters. The van der Waals surface area contributed by atoms with E-state index in [-0.39, 0.29) is 17.9 Å². The van der Waals surface area contributed by atoms with E-state index in [9.17, 15) is 14.0 Å². The average molecular weight is 430 g/mol. The highest BCUT2D eigenvalue weighted by atomic mass is 19.1. The normalized spacial score (nSPS) is 22.3. The summed E-state index contributed by atoms with van der Waals surface area (Å²) in [5.74, 6) is 0.227. The van der Waals surface area contributed by atoms with E-state index >= 15 is 0 Å². The van der Waals surface area contributed by atoms with Gasteiger partial charge in [0.05, 0.1) is 5.69 Å². The van der Waals surface area contributed by atoms with E-state index in [2.05, 4.69) is 15.6 Å². The number of piperidine rings is 1. The van der Waals surface area contributed by atoms with Gasteiger partial charge in [0.25, 0.3) is 0 Å². The summed E-state index contributed by atoms with van der Waals surface area (Å²) in [4.78, 5) is 32.5. The Morgan fingerprint density at radius 1 is 1.19 bits per heavy atom. The number of amides is 2. The standard InChI is InChI=1S/C21H28FN7O2/c22-17-14-27(9-5-18(17)23)13-15-1-3-16(4-2-15)29-10-6-19(26-21(29)31)25-20(30)28-11-7-24-8-12-28/h1-4,6,10,17-18,24H,5,7-9,11-14,23H2,(H,25,26,30,31)/t17?,18-/m0/s1. The van der Waals surface area contributed by atoms with Gasteiger partial charge in [0, 0.05) is 58.1 Å². The summed E-state index contributed by atoms with van der Waals surface area (Å²) in [5.41, 5.74) is 6.97. The minimum Gasteiger partial charge on any atom is -0.325 e. The molecular formula is C21H28FN7O2. The Hall–Kier alpha value is -2.82. The molecule has 3 heterocycles. The summed E-state index contributed by atoms with van der Waals surface area (Å²) in [6, 6.07) is 8.48. The second kappa shape index (κ2) is 9.54. The number of carbonyl (C=O) groups is 1. The second-order valence-corrected chi connectivity index (χ2v) is 8.00. The zero-order valence-corrected chi connectivity index (χ0v) is 17.3. The first-order chi connectivity index (χ1) is 15.0. The number of likely N-dealkylation sites (tertiary alicyclic amines) is 1. The largest absolute Gasteiger partial charge is 0.354 e. The van der Waals surface area contributed by atoms with Crippen LogP contribution in [0.5, 0.6) is 0 Å². The monoisotopic (exact) mass is 429 g/mol. The number of benzene rings is 1. The second-order valence-electron chi connectivity index (χ2n) is 8.00. The summed E-state index contributed by atoms with van der Waals surface area (Å²) in [5, 5.41) is 5.87. The van der Waals surface area contributed by atoms with E-state index in [4.69, 9.17) is 5.73 Å². The molecule has 9 nitrogen and oxygen atoms in total. The molecule has 0 radical (unpaired) electrons. The zero-order valence-electron chi connectivity index (χ0n) is 17.3. The number of urea groups is 1. The fourth-order valence-corrected chi connectivity index (χ4v) is 3.88. The topological polar surface area (TPSA) is 109 Å². The summed E-state index contributed by atoms with van der Waals surface area (Å²) in [6.07, 6.45) is 1.25. The highest BCUT2D eigenvalue weighted by Gasteiger charge is 2.26. The third kappa shape index (κ3) is 5.27. The van der Waals surface area contributed by atoms with Gasteiger partial charge in [-0.05, 0) is 30.2 Å². The van der Waals surface area contributed by atoms with Gasteiger partial charge in [-0.1, -0.05) is 12.1 Å². The lowest BCUT2D eigenvalue weighted by Crippen LogP contribution is -2.48. The van der Waals surface area contributed by atoms with E-state index in [1.54, 1.807) is 17.2 Å². The maximum absolute atomic E-state index is 13.8. The summed E-state index contributed by atoms with van der Waals surface area (Å²) < 4.78 is 15.3. The molecule has 10 heteroatoms. The Bertz CT molecular complexity index is 959. The number of halogens is 1. The SMILES string of the molecule is N[C@H]1CCN(Cc2ccc(-n3ccc(NC(=O)N4CCNCC4)nc3=O)cc2)CC1F. The van der Waals surface area contributed by atoms with Gasteiger partial charge < -0.3 is 16.0 Å². The molecule has 2 atom stereocenters. The third-order valence-corrected chi connectivity index (χ3v) is 5.74. The molecule has 2 amide bonds. The van der Waals surface area contributed by atoms with Gasteiger partial charge in [-0.25, -0.2) is 14.0 Å². The lowest BCUT2D eigenvalue weighted by Gasteiger charge is -2.32. The average Bonchev–Trinajstić information content (AvgIpc) is 2.78. The summed E-state index contributed by atoms with van der Waals surface area (Å²) in [6.45, 7) is 4.48. The molecule has 4 N–H and O–H groups in total. The molecule has 2 saturated heterocycles. The molecule has 4 rings (SSSR count). The van der Waals surface area contributed by atoms with Crippen LogP contribution in [-0.2, 0) is 6.54 Å². The van der Waals surface area contributed by atoms with Gasteiger partial charge in [0.1, 0.15) is 12.0 Å². The number of hydrogen-bond donors (Lipinski definition) is 3. The molecule has 0 spiro atoms. The van der Waals surface area contributed by atoms with Crippen molar-refractivity contribution in [3.63, 3.8) is 0 Å². The molecule has 1 aromatic heterocycles. The van der Waals surface area contributed by atoms with Crippen molar-refractivity contribution in [3.8, 4) is 5.69 Å². The van der Waals surface area contributed by atoms with Crippen LogP contribution in [0.3, 0.4) is 0 Å². The number of rotatable bonds is 4. The van der Waals surface area contributed by atoms with Crippen LogP contribution in [0.1, 0.15) is 12.0 Å². The van der Waals surface area contributed by atoms with Gasteiger partial charge in [-0.3, -0.25) is 14.8 Å². The van der Waals surface area contributed by atoms with E-state index in [0.717, 1.165) is 25.2 Å². The lowest BCUT2D eigenvalue weighted by atomic mass is 10.0. The number of aromatic nitrogens is 2. The van der Waals surface area contributed by atoms with Crippen LogP contribution in [0.2, 0.25) is 0 Å². The van der Waals surface area contributed by atoms with Crippen LogP contribution in [0.15, 0.2) is 41.3 Å². The number of hydrogen-bond acceptors (Lipinski definition) is 6. The van der Waals surface area contributed by atoms with Gasteiger partial charge in [-0.15, -0.1) is 0 Å².